The van der Waals surface area contributed by atoms with Gasteiger partial charge in [0.05, 0.1) is 17.2 Å². The van der Waals surface area contributed by atoms with E-state index in [0.717, 1.165) is 17.4 Å². The minimum Gasteiger partial charge on any atom is -0.383 e. The molecule has 0 bridgehead atoms. The molecule has 1 aromatic heterocycles. The Morgan fingerprint density at radius 3 is 3.00 bits per heavy atom. The third kappa shape index (κ3) is 2.34. The number of fused-ring (bicyclic) bond motifs is 1. The molecule has 1 aliphatic heterocycles. The van der Waals surface area contributed by atoms with Crippen molar-refractivity contribution in [1.82, 2.24) is 9.78 Å². The smallest absolute Gasteiger partial charge is 0.136 e. The fourth-order valence-electron chi connectivity index (χ4n) is 2.61. The molecule has 100 valence electrons. The molecule has 3 rings (SSSR count). The van der Waals surface area contributed by atoms with Crippen molar-refractivity contribution in [1.29, 1.82) is 0 Å². The average molecular weight is 321 g/mol. The molecule has 0 spiro atoms. The summed E-state index contributed by atoms with van der Waals surface area (Å²) in [5.74, 6) is 0.676. The molecule has 0 saturated carbocycles. The second kappa shape index (κ2) is 4.89. The number of rotatable bonds is 2. The van der Waals surface area contributed by atoms with E-state index in [4.69, 9.17) is 5.73 Å². The highest BCUT2D eigenvalue weighted by Gasteiger charge is 2.14. The minimum atomic E-state index is 0.676. The van der Waals surface area contributed by atoms with Gasteiger partial charge in [0.15, 0.2) is 0 Å². The fourth-order valence-corrected chi connectivity index (χ4v) is 2.90. The summed E-state index contributed by atoms with van der Waals surface area (Å²) in [7, 11) is 2.15. The van der Waals surface area contributed by atoms with Crippen LogP contribution in [-0.2, 0) is 13.0 Å². The fraction of sp³-hybridized carbons (Fsp3) is 0.357. The van der Waals surface area contributed by atoms with E-state index in [2.05, 4.69) is 51.2 Å². The van der Waals surface area contributed by atoms with Crippen molar-refractivity contribution in [3.05, 3.63) is 40.0 Å². The standard InChI is InChI=1S/C14H17BrN4/c1-18-6-2-3-11-7-10(4-5-13(11)18)9-19-14(16)12(15)8-17-19/h4-5,7-8H,2-3,6,9,16H2,1H3. The molecule has 5 heteroatoms. The van der Waals surface area contributed by atoms with E-state index in [9.17, 15) is 0 Å². The van der Waals surface area contributed by atoms with Gasteiger partial charge in [0.1, 0.15) is 5.82 Å². The Balaban J connectivity index is 1.88. The molecule has 1 aromatic carbocycles. The van der Waals surface area contributed by atoms with Gasteiger partial charge in [-0.1, -0.05) is 12.1 Å². The third-order valence-corrected chi connectivity index (χ3v) is 4.27. The summed E-state index contributed by atoms with van der Waals surface area (Å²) in [5, 5.41) is 4.27. The van der Waals surface area contributed by atoms with Gasteiger partial charge in [-0.3, -0.25) is 0 Å². The summed E-state index contributed by atoms with van der Waals surface area (Å²) in [5.41, 5.74) is 9.98. The minimum absolute atomic E-state index is 0.676. The molecule has 19 heavy (non-hydrogen) atoms. The number of benzene rings is 1. The highest BCUT2D eigenvalue weighted by atomic mass is 79.9. The van der Waals surface area contributed by atoms with Gasteiger partial charge in [0, 0.05) is 19.3 Å². The van der Waals surface area contributed by atoms with E-state index in [1.54, 1.807) is 6.20 Å². The molecule has 0 aliphatic carbocycles. The van der Waals surface area contributed by atoms with E-state index < -0.39 is 0 Å². The van der Waals surface area contributed by atoms with Gasteiger partial charge in [0.2, 0.25) is 0 Å². The van der Waals surface area contributed by atoms with E-state index >= 15 is 0 Å². The van der Waals surface area contributed by atoms with Crippen LogP contribution in [-0.4, -0.2) is 23.4 Å². The third-order valence-electron chi connectivity index (χ3n) is 3.66. The van der Waals surface area contributed by atoms with Gasteiger partial charge in [0.25, 0.3) is 0 Å². The highest BCUT2D eigenvalue weighted by Crippen LogP contribution is 2.27. The first-order chi connectivity index (χ1) is 9.15. The number of nitrogen functional groups attached to an aromatic ring is 1. The van der Waals surface area contributed by atoms with Crippen molar-refractivity contribution >= 4 is 27.4 Å². The van der Waals surface area contributed by atoms with E-state index in [0.29, 0.717) is 12.4 Å². The second-order valence-corrected chi connectivity index (χ2v) is 5.88. The number of aromatic nitrogens is 2. The molecule has 1 aliphatic rings. The van der Waals surface area contributed by atoms with Crippen molar-refractivity contribution in [3.63, 3.8) is 0 Å². The summed E-state index contributed by atoms with van der Waals surface area (Å²) in [6, 6.07) is 6.65. The molecule has 4 nitrogen and oxygen atoms in total. The molecule has 0 radical (unpaired) electrons. The van der Waals surface area contributed by atoms with Crippen LogP contribution in [0, 0.1) is 0 Å². The van der Waals surface area contributed by atoms with Crippen LogP contribution in [0.4, 0.5) is 11.5 Å². The monoisotopic (exact) mass is 320 g/mol. The Hall–Kier alpha value is -1.49. The molecule has 0 unspecified atom stereocenters. The zero-order chi connectivity index (χ0) is 13.4. The highest BCUT2D eigenvalue weighted by molar-refractivity contribution is 9.10. The summed E-state index contributed by atoms with van der Waals surface area (Å²) in [6.07, 6.45) is 4.12. The zero-order valence-corrected chi connectivity index (χ0v) is 12.5. The Bertz CT molecular complexity index is 605. The van der Waals surface area contributed by atoms with Gasteiger partial charge in [-0.05, 0) is 46.0 Å². The second-order valence-electron chi connectivity index (χ2n) is 5.02. The number of halogens is 1. The Labute approximate surface area is 121 Å². The van der Waals surface area contributed by atoms with Crippen LogP contribution in [0.25, 0.3) is 0 Å². The molecule has 0 atom stereocenters. The molecular weight excluding hydrogens is 304 g/mol. The molecular formula is C14H17BrN4. The number of hydrogen-bond donors (Lipinski definition) is 1. The molecule has 2 aromatic rings. The lowest BCUT2D eigenvalue weighted by atomic mass is 9.99. The maximum Gasteiger partial charge on any atom is 0.136 e. The Kier molecular flexibility index (Phi) is 3.22. The number of hydrogen-bond acceptors (Lipinski definition) is 3. The first kappa shape index (κ1) is 12.5. The van der Waals surface area contributed by atoms with Gasteiger partial charge < -0.3 is 10.6 Å². The van der Waals surface area contributed by atoms with Crippen LogP contribution < -0.4 is 10.6 Å². The van der Waals surface area contributed by atoms with Crippen molar-refractivity contribution in [3.8, 4) is 0 Å². The van der Waals surface area contributed by atoms with Crippen molar-refractivity contribution < 1.29 is 0 Å². The SMILES string of the molecule is CN1CCCc2cc(Cn3ncc(Br)c3N)ccc21. The van der Waals surface area contributed by atoms with Crippen LogP contribution in [0.3, 0.4) is 0 Å². The maximum atomic E-state index is 5.96. The van der Waals surface area contributed by atoms with E-state index in [1.165, 1.54) is 23.2 Å². The van der Waals surface area contributed by atoms with Gasteiger partial charge in [-0.25, -0.2) is 4.68 Å². The lowest BCUT2D eigenvalue weighted by Gasteiger charge is -2.27. The molecule has 2 N–H and O–H groups in total. The van der Waals surface area contributed by atoms with Crippen molar-refractivity contribution in [2.45, 2.75) is 19.4 Å². The summed E-state index contributed by atoms with van der Waals surface area (Å²) >= 11 is 3.38. The van der Waals surface area contributed by atoms with Gasteiger partial charge in [-0.15, -0.1) is 0 Å². The first-order valence-electron chi connectivity index (χ1n) is 6.45. The lowest BCUT2D eigenvalue weighted by molar-refractivity contribution is 0.692. The topological polar surface area (TPSA) is 47.1 Å². The molecule has 0 saturated heterocycles. The summed E-state index contributed by atoms with van der Waals surface area (Å²) in [6.45, 7) is 1.86. The maximum absolute atomic E-state index is 5.96. The van der Waals surface area contributed by atoms with E-state index in [-0.39, 0.29) is 0 Å². The van der Waals surface area contributed by atoms with Crippen molar-refractivity contribution in [2.24, 2.45) is 0 Å². The van der Waals surface area contributed by atoms with Crippen LogP contribution in [0.1, 0.15) is 17.5 Å². The predicted octanol–water partition coefficient (Wildman–Crippen LogP) is 2.66. The average Bonchev–Trinajstić information content (AvgIpc) is 2.71. The van der Waals surface area contributed by atoms with Crippen LogP contribution in [0.15, 0.2) is 28.9 Å². The lowest BCUT2D eigenvalue weighted by Crippen LogP contribution is -2.24. The van der Waals surface area contributed by atoms with Crippen LogP contribution >= 0.6 is 15.9 Å². The molecule has 0 amide bonds. The molecule has 0 fully saturated rings. The quantitative estimate of drug-likeness (QED) is 0.925. The number of aryl methyl sites for hydroxylation is 1. The first-order valence-corrected chi connectivity index (χ1v) is 7.24. The Morgan fingerprint density at radius 1 is 1.42 bits per heavy atom. The van der Waals surface area contributed by atoms with Crippen LogP contribution in [0.5, 0.6) is 0 Å². The van der Waals surface area contributed by atoms with Gasteiger partial charge in [-0.2, -0.15) is 5.10 Å². The normalized spacial score (nSPS) is 14.5. The van der Waals surface area contributed by atoms with Gasteiger partial charge >= 0.3 is 0 Å². The summed E-state index contributed by atoms with van der Waals surface area (Å²) < 4.78 is 2.67. The largest absolute Gasteiger partial charge is 0.383 e. The van der Waals surface area contributed by atoms with E-state index in [1.807, 2.05) is 4.68 Å². The van der Waals surface area contributed by atoms with Crippen molar-refractivity contribution in [2.75, 3.05) is 24.2 Å². The summed E-state index contributed by atoms with van der Waals surface area (Å²) in [4.78, 5) is 2.32. The molecule has 2 heterocycles. The number of nitrogens with zero attached hydrogens (tertiary/aromatic N) is 3. The number of nitrogens with two attached hydrogens (primary N) is 1. The predicted molar refractivity (Wildman–Crippen MR) is 81.5 cm³/mol. The van der Waals surface area contributed by atoms with Crippen LogP contribution in [0.2, 0.25) is 0 Å². The Morgan fingerprint density at radius 2 is 2.26 bits per heavy atom. The zero-order valence-electron chi connectivity index (χ0n) is 10.9. The number of anilines is 2.